The van der Waals surface area contributed by atoms with E-state index in [-0.39, 0.29) is 4.90 Å². The predicted octanol–water partition coefficient (Wildman–Crippen LogP) is 3.44. The Bertz CT molecular complexity index is 928. The summed E-state index contributed by atoms with van der Waals surface area (Å²) in [6, 6.07) is 13.8. The van der Waals surface area contributed by atoms with Crippen molar-refractivity contribution in [2.45, 2.75) is 11.8 Å². The van der Waals surface area contributed by atoms with E-state index in [1.165, 1.54) is 16.4 Å². The molecule has 9 heteroatoms. The third kappa shape index (κ3) is 4.75. The molecular formula is C19H22ClN3O3S2. The van der Waals surface area contributed by atoms with Gasteiger partial charge in [-0.3, -0.25) is 0 Å². The molecule has 0 spiro atoms. The van der Waals surface area contributed by atoms with E-state index in [0.717, 1.165) is 11.4 Å². The summed E-state index contributed by atoms with van der Waals surface area (Å²) in [7, 11) is -3.54. The molecule has 28 heavy (non-hydrogen) atoms. The highest BCUT2D eigenvalue weighted by Crippen LogP contribution is 2.25. The van der Waals surface area contributed by atoms with Crippen LogP contribution in [0.1, 0.15) is 6.92 Å². The molecule has 0 amide bonds. The first-order valence-electron chi connectivity index (χ1n) is 8.95. The summed E-state index contributed by atoms with van der Waals surface area (Å²) in [6.07, 6.45) is 0. The van der Waals surface area contributed by atoms with Crippen LogP contribution < -0.4 is 10.1 Å². The number of para-hydroxylation sites is 2. The van der Waals surface area contributed by atoms with Crippen molar-refractivity contribution in [1.29, 1.82) is 0 Å². The molecule has 2 aromatic carbocycles. The van der Waals surface area contributed by atoms with E-state index in [2.05, 4.69) is 5.32 Å². The Hall–Kier alpha value is -1.87. The molecule has 0 unspecified atom stereocenters. The van der Waals surface area contributed by atoms with Gasteiger partial charge >= 0.3 is 0 Å². The zero-order valence-corrected chi connectivity index (χ0v) is 17.9. The van der Waals surface area contributed by atoms with Crippen LogP contribution >= 0.6 is 23.8 Å². The minimum absolute atomic E-state index is 0.247. The Morgan fingerprint density at radius 1 is 1.11 bits per heavy atom. The summed E-state index contributed by atoms with van der Waals surface area (Å²) in [5.41, 5.74) is 0.797. The number of benzene rings is 2. The maximum Gasteiger partial charge on any atom is 0.243 e. The Morgan fingerprint density at radius 3 is 2.39 bits per heavy atom. The third-order valence-corrected chi connectivity index (χ3v) is 6.93. The monoisotopic (exact) mass is 439 g/mol. The summed E-state index contributed by atoms with van der Waals surface area (Å²) in [4.78, 5) is 2.21. The molecule has 1 aliphatic heterocycles. The molecule has 150 valence electrons. The molecule has 0 aromatic heterocycles. The van der Waals surface area contributed by atoms with Crippen LogP contribution in [0.15, 0.2) is 53.4 Å². The van der Waals surface area contributed by atoms with Crippen molar-refractivity contribution in [3.05, 3.63) is 53.6 Å². The van der Waals surface area contributed by atoms with Gasteiger partial charge in [0.1, 0.15) is 5.75 Å². The Morgan fingerprint density at radius 2 is 1.75 bits per heavy atom. The van der Waals surface area contributed by atoms with Crippen molar-refractivity contribution in [2.75, 3.05) is 38.1 Å². The average molecular weight is 440 g/mol. The number of piperazine rings is 1. The molecule has 1 fully saturated rings. The van der Waals surface area contributed by atoms with Gasteiger partial charge in [-0.25, -0.2) is 8.42 Å². The number of nitrogens with one attached hydrogen (secondary N) is 1. The zero-order valence-electron chi connectivity index (χ0n) is 15.5. The predicted molar refractivity (Wildman–Crippen MR) is 116 cm³/mol. The molecule has 2 aromatic rings. The maximum atomic E-state index is 12.8. The number of rotatable bonds is 5. The van der Waals surface area contributed by atoms with Gasteiger partial charge in [0, 0.05) is 31.2 Å². The molecule has 1 N–H and O–H groups in total. The van der Waals surface area contributed by atoms with Crippen LogP contribution in [0.3, 0.4) is 0 Å². The molecule has 0 atom stereocenters. The van der Waals surface area contributed by atoms with Crippen LogP contribution in [0.4, 0.5) is 5.69 Å². The highest BCUT2D eigenvalue weighted by atomic mass is 35.5. The first-order valence-corrected chi connectivity index (χ1v) is 11.2. The molecule has 0 aliphatic carbocycles. The Labute approximate surface area is 176 Å². The van der Waals surface area contributed by atoms with Gasteiger partial charge in [-0.1, -0.05) is 23.7 Å². The Kier molecular flexibility index (Phi) is 6.77. The molecule has 6 nitrogen and oxygen atoms in total. The third-order valence-electron chi connectivity index (χ3n) is 4.41. The number of nitrogens with zero attached hydrogens (tertiary/aromatic N) is 2. The number of halogens is 1. The number of anilines is 1. The van der Waals surface area contributed by atoms with Crippen LogP contribution in [0.5, 0.6) is 5.75 Å². The molecular weight excluding hydrogens is 418 g/mol. The number of hydrogen-bond acceptors (Lipinski definition) is 4. The second-order valence-electron chi connectivity index (χ2n) is 6.20. The van der Waals surface area contributed by atoms with Gasteiger partial charge in [0.05, 0.1) is 17.2 Å². The standard InChI is InChI=1S/C19H22ClN3O3S2/c1-2-26-18-6-4-3-5-17(18)21-19(27)22-11-13-23(14-12-22)28(24,25)16-9-7-15(20)8-10-16/h3-10H,2,11-14H2,1H3,(H,21,27). The Balaban J connectivity index is 1.62. The van der Waals surface area contributed by atoms with Gasteiger partial charge in [-0.15, -0.1) is 0 Å². The normalized spacial score (nSPS) is 15.3. The topological polar surface area (TPSA) is 61.9 Å². The van der Waals surface area contributed by atoms with Gasteiger partial charge in [0.2, 0.25) is 10.0 Å². The van der Waals surface area contributed by atoms with Crippen molar-refractivity contribution in [3.8, 4) is 5.75 Å². The van der Waals surface area contributed by atoms with E-state index in [1.807, 2.05) is 36.1 Å². The van der Waals surface area contributed by atoms with E-state index in [1.54, 1.807) is 12.1 Å². The van der Waals surface area contributed by atoms with Crippen LogP contribution in [0, 0.1) is 0 Å². The van der Waals surface area contributed by atoms with Gasteiger partial charge in [-0.05, 0) is 55.5 Å². The summed E-state index contributed by atoms with van der Waals surface area (Å²) >= 11 is 11.4. The fraction of sp³-hybridized carbons (Fsp3) is 0.316. The second-order valence-corrected chi connectivity index (χ2v) is 8.97. The van der Waals surface area contributed by atoms with E-state index in [4.69, 9.17) is 28.6 Å². The van der Waals surface area contributed by atoms with E-state index < -0.39 is 10.0 Å². The minimum Gasteiger partial charge on any atom is -0.492 e. The summed E-state index contributed by atoms with van der Waals surface area (Å²) < 4.78 is 32.6. The van der Waals surface area contributed by atoms with E-state index >= 15 is 0 Å². The maximum absolute atomic E-state index is 12.8. The SMILES string of the molecule is CCOc1ccccc1NC(=S)N1CCN(S(=O)(=O)c2ccc(Cl)cc2)CC1. The lowest BCUT2D eigenvalue weighted by Gasteiger charge is -2.35. The molecule has 1 saturated heterocycles. The number of hydrogen-bond donors (Lipinski definition) is 1. The summed E-state index contributed by atoms with van der Waals surface area (Å²) in [5.74, 6) is 0.733. The fourth-order valence-electron chi connectivity index (χ4n) is 2.93. The number of sulfonamides is 1. The average Bonchev–Trinajstić information content (AvgIpc) is 2.70. The molecule has 0 bridgehead atoms. The lowest BCUT2D eigenvalue weighted by atomic mass is 10.3. The summed E-state index contributed by atoms with van der Waals surface area (Å²) in [6.45, 7) is 4.23. The highest BCUT2D eigenvalue weighted by Gasteiger charge is 2.29. The molecule has 1 heterocycles. The van der Waals surface area contributed by atoms with Crippen molar-refractivity contribution in [1.82, 2.24) is 9.21 Å². The lowest BCUT2D eigenvalue weighted by Crippen LogP contribution is -2.51. The minimum atomic E-state index is -3.54. The van der Waals surface area contributed by atoms with Crippen LogP contribution in [0.25, 0.3) is 0 Å². The van der Waals surface area contributed by atoms with Gasteiger partial charge in [0.25, 0.3) is 0 Å². The van der Waals surface area contributed by atoms with Crippen LogP contribution in [-0.2, 0) is 10.0 Å². The van der Waals surface area contributed by atoms with Gasteiger partial charge in [0.15, 0.2) is 5.11 Å². The van der Waals surface area contributed by atoms with E-state index in [0.29, 0.717) is 42.9 Å². The highest BCUT2D eigenvalue weighted by molar-refractivity contribution is 7.89. The van der Waals surface area contributed by atoms with Crippen LogP contribution in [-0.4, -0.2) is 55.5 Å². The van der Waals surface area contributed by atoms with Crippen molar-refractivity contribution in [2.24, 2.45) is 0 Å². The zero-order chi connectivity index (χ0) is 20.1. The first-order chi connectivity index (χ1) is 13.4. The smallest absolute Gasteiger partial charge is 0.243 e. The second kappa shape index (κ2) is 9.09. The molecule has 3 rings (SSSR count). The van der Waals surface area contributed by atoms with Crippen LogP contribution in [0.2, 0.25) is 5.02 Å². The first kappa shape index (κ1) is 20.9. The quantitative estimate of drug-likeness (QED) is 0.720. The fourth-order valence-corrected chi connectivity index (χ4v) is 4.77. The van der Waals surface area contributed by atoms with Crippen molar-refractivity contribution in [3.63, 3.8) is 0 Å². The molecule has 1 aliphatic rings. The largest absolute Gasteiger partial charge is 0.492 e. The number of thiocarbonyl (C=S) groups is 1. The van der Waals surface area contributed by atoms with Crippen molar-refractivity contribution < 1.29 is 13.2 Å². The van der Waals surface area contributed by atoms with Crippen molar-refractivity contribution >= 4 is 44.6 Å². The van der Waals surface area contributed by atoms with Gasteiger partial charge < -0.3 is 15.0 Å². The van der Waals surface area contributed by atoms with Gasteiger partial charge in [-0.2, -0.15) is 4.31 Å². The molecule has 0 radical (unpaired) electrons. The lowest BCUT2D eigenvalue weighted by molar-refractivity contribution is 0.268. The number of ether oxygens (including phenoxy) is 1. The van der Waals surface area contributed by atoms with E-state index in [9.17, 15) is 8.42 Å². The molecule has 0 saturated carbocycles. The summed E-state index contributed by atoms with van der Waals surface area (Å²) in [5, 5.41) is 4.26.